The number of nitrogens with zero attached hydrogens (tertiary/aromatic N) is 1. The molecule has 1 N–H and O–H groups in total. The van der Waals surface area contributed by atoms with Crippen molar-refractivity contribution < 1.29 is 13.9 Å². The third-order valence-electron chi connectivity index (χ3n) is 3.06. The zero-order chi connectivity index (χ0) is 16.2. The molecule has 0 aliphatic carbocycles. The van der Waals surface area contributed by atoms with Gasteiger partial charge in [-0.25, -0.2) is 4.79 Å². The first-order chi connectivity index (χ1) is 10.4. The number of carbonyl (C=O) groups excluding carboxylic acids is 1. The second-order valence-corrected chi connectivity index (χ2v) is 6.13. The van der Waals surface area contributed by atoms with Crippen molar-refractivity contribution >= 4 is 5.97 Å². The molecule has 22 heavy (non-hydrogen) atoms. The maximum absolute atomic E-state index is 12.1. The standard InChI is InChI=1S/C17H22N2O3/c1-12(14-7-5-6-9-18-14)19-11-13-8-10-21-15(13)16(20)22-17(2,3)4/h5-10,12,19H,11H2,1-4H3. The van der Waals surface area contributed by atoms with E-state index in [2.05, 4.69) is 10.3 Å². The third-order valence-corrected chi connectivity index (χ3v) is 3.06. The summed E-state index contributed by atoms with van der Waals surface area (Å²) in [5, 5.41) is 3.33. The fourth-order valence-corrected chi connectivity index (χ4v) is 1.98. The molecule has 0 aliphatic rings. The average Bonchev–Trinajstić information content (AvgIpc) is 2.92. The van der Waals surface area contributed by atoms with Crippen LogP contribution < -0.4 is 5.32 Å². The second kappa shape index (κ2) is 6.75. The SMILES string of the molecule is CC(NCc1ccoc1C(=O)OC(C)(C)C)c1ccccn1. The maximum Gasteiger partial charge on any atom is 0.375 e. The molecule has 2 heterocycles. The Balaban J connectivity index is 2.00. The maximum atomic E-state index is 12.1. The molecule has 0 radical (unpaired) electrons. The van der Waals surface area contributed by atoms with Crippen LogP contribution in [0.15, 0.2) is 41.1 Å². The quantitative estimate of drug-likeness (QED) is 0.857. The van der Waals surface area contributed by atoms with Crippen molar-refractivity contribution in [3.63, 3.8) is 0 Å². The summed E-state index contributed by atoms with van der Waals surface area (Å²) >= 11 is 0. The summed E-state index contributed by atoms with van der Waals surface area (Å²) in [4.78, 5) is 16.4. The zero-order valence-electron chi connectivity index (χ0n) is 13.4. The molecule has 0 bridgehead atoms. The van der Waals surface area contributed by atoms with E-state index in [0.29, 0.717) is 6.54 Å². The molecule has 5 nitrogen and oxygen atoms in total. The molecule has 0 saturated carbocycles. The van der Waals surface area contributed by atoms with Crippen LogP contribution in [0.25, 0.3) is 0 Å². The Morgan fingerprint density at radius 3 is 2.77 bits per heavy atom. The summed E-state index contributed by atoms with van der Waals surface area (Å²) in [6, 6.07) is 7.64. The molecule has 0 aliphatic heterocycles. The number of carbonyl (C=O) groups is 1. The van der Waals surface area contributed by atoms with E-state index in [0.717, 1.165) is 11.3 Å². The van der Waals surface area contributed by atoms with Gasteiger partial charge in [0.05, 0.1) is 12.0 Å². The molecule has 0 amide bonds. The minimum Gasteiger partial charge on any atom is -0.457 e. The number of rotatable bonds is 5. The summed E-state index contributed by atoms with van der Waals surface area (Å²) in [5.74, 6) is -0.199. The number of furan rings is 1. The zero-order valence-corrected chi connectivity index (χ0v) is 13.4. The number of esters is 1. The van der Waals surface area contributed by atoms with E-state index in [1.165, 1.54) is 6.26 Å². The molecule has 2 aromatic rings. The molecule has 1 atom stereocenters. The molecule has 1 unspecified atom stereocenters. The number of hydrogen-bond acceptors (Lipinski definition) is 5. The first kappa shape index (κ1) is 16.2. The van der Waals surface area contributed by atoms with Crippen LogP contribution in [0, 0.1) is 0 Å². The summed E-state index contributed by atoms with van der Waals surface area (Å²) in [7, 11) is 0. The molecule has 2 rings (SSSR count). The van der Waals surface area contributed by atoms with Gasteiger partial charge in [0.2, 0.25) is 5.76 Å². The number of pyridine rings is 1. The van der Waals surface area contributed by atoms with Gasteiger partial charge in [0, 0.05) is 24.3 Å². The van der Waals surface area contributed by atoms with Crippen LogP contribution in [0.1, 0.15) is 55.5 Å². The fraction of sp³-hybridized carbons (Fsp3) is 0.412. The van der Waals surface area contributed by atoms with E-state index in [4.69, 9.17) is 9.15 Å². The summed E-state index contributed by atoms with van der Waals surface area (Å²) in [5.41, 5.74) is 1.18. The molecule has 0 fully saturated rings. The van der Waals surface area contributed by atoms with Gasteiger partial charge in [0.25, 0.3) is 0 Å². The molecule has 118 valence electrons. The average molecular weight is 302 g/mol. The van der Waals surface area contributed by atoms with E-state index in [1.807, 2.05) is 45.9 Å². The van der Waals surface area contributed by atoms with E-state index in [1.54, 1.807) is 12.3 Å². The Morgan fingerprint density at radius 1 is 1.36 bits per heavy atom. The number of aromatic nitrogens is 1. The normalized spacial score (nSPS) is 12.9. The van der Waals surface area contributed by atoms with Gasteiger partial charge < -0.3 is 14.5 Å². The highest BCUT2D eigenvalue weighted by molar-refractivity contribution is 5.88. The molecule has 0 saturated heterocycles. The van der Waals surface area contributed by atoms with E-state index in [9.17, 15) is 4.79 Å². The van der Waals surface area contributed by atoms with Crippen LogP contribution in [0.2, 0.25) is 0 Å². The lowest BCUT2D eigenvalue weighted by atomic mass is 10.1. The van der Waals surface area contributed by atoms with E-state index < -0.39 is 11.6 Å². The van der Waals surface area contributed by atoms with Crippen molar-refractivity contribution in [3.8, 4) is 0 Å². The minimum atomic E-state index is -0.546. The monoisotopic (exact) mass is 302 g/mol. The highest BCUT2D eigenvalue weighted by Gasteiger charge is 2.23. The van der Waals surface area contributed by atoms with Gasteiger partial charge in [-0.3, -0.25) is 4.98 Å². The summed E-state index contributed by atoms with van der Waals surface area (Å²) in [6.07, 6.45) is 3.26. The number of hydrogen-bond donors (Lipinski definition) is 1. The highest BCUT2D eigenvalue weighted by Crippen LogP contribution is 2.18. The van der Waals surface area contributed by atoms with Gasteiger partial charge in [-0.2, -0.15) is 0 Å². The Kier molecular flexibility index (Phi) is 4.98. The van der Waals surface area contributed by atoms with Crippen molar-refractivity contribution in [1.82, 2.24) is 10.3 Å². The number of ether oxygens (including phenoxy) is 1. The van der Waals surface area contributed by atoms with Gasteiger partial charge in [-0.15, -0.1) is 0 Å². The van der Waals surface area contributed by atoms with Crippen LogP contribution in [-0.4, -0.2) is 16.6 Å². The lowest BCUT2D eigenvalue weighted by Crippen LogP contribution is -2.25. The van der Waals surface area contributed by atoms with Gasteiger partial charge in [0.1, 0.15) is 5.60 Å². The van der Waals surface area contributed by atoms with Gasteiger partial charge in [-0.1, -0.05) is 6.07 Å². The Hall–Kier alpha value is -2.14. The van der Waals surface area contributed by atoms with Crippen LogP contribution in [0.3, 0.4) is 0 Å². The second-order valence-electron chi connectivity index (χ2n) is 6.13. The Bertz CT molecular complexity index is 614. The van der Waals surface area contributed by atoms with E-state index >= 15 is 0 Å². The fourth-order valence-electron chi connectivity index (χ4n) is 1.98. The third kappa shape index (κ3) is 4.43. The smallest absolute Gasteiger partial charge is 0.375 e. The molecule has 2 aromatic heterocycles. The van der Waals surface area contributed by atoms with Crippen molar-refractivity contribution in [2.45, 2.75) is 45.9 Å². The van der Waals surface area contributed by atoms with Crippen molar-refractivity contribution in [2.75, 3.05) is 0 Å². The topological polar surface area (TPSA) is 64.4 Å². The highest BCUT2D eigenvalue weighted by atomic mass is 16.6. The summed E-state index contributed by atoms with van der Waals surface area (Å²) in [6.45, 7) is 8.01. The Labute approximate surface area is 130 Å². The minimum absolute atomic E-state index is 0.0718. The lowest BCUT2D eigenvalue weighted by Gasteiger charge is -2.19. The summed E-state index contributed by atoms with van der Waals surface area (Å²) < 4.78 is 10.6. The first-order valence-electron chi connectivity index (χ1n) is 7.31. The largest absolute Gasteiger partial charge is 0.457 e. The predicted octanol–water partition coefficient (Wildman–Crippen LogP) is 3.48. The predicted molar refractivity (Wildman–Crippen MR) is 83.4 cm³/mol. The van der Waals surface area contributed by atoms with Gasteiger partial charge in [-0.05, 0) is 45.9 Å². The molecule has 0 aromatic carbocycles. The van der Waals surface area contributed by atoms with Crippen molar-refractivity contribution in [2.24, 2.45) is 0 Å². The van der Waals surface area contributed by atoms with E-state index in [-0.39, 0.29) is 11.8 Å². The Morgan fingerprint density at radius 2 is 2.14 bits per heavy atom. The van der Waals surface area contributed by atoms with Crippen LogP contribution in [-0.2, 0) is 11.3 Å². The lowest BCUT2D eigenvalue weighted by molar-refractivity contribution is 0.00342. The van der Waals surface area contributed by atoms with Crippen LogP contribution >= 0.6 is 0 Å². The van der Waals surface area contributed by atoms with Crippen LogP contribution in [0.5, 0.6) is 0 Å². The van der Waals surface area contributed by atoms with Crippen molar-refractivity contribution in [3.05, 3.63) is 53.7 Å². The first-order valence-corrected chi connectivity index (χ1v) is 7.31. The van der Waals surface area contributed by atoms with Gasteiger partial charge >= 0.3 is 5.97 Å². The molecular formula is C17H22N2O3. The molecule has 5 heteroatoms. The molecular weight excluding hydrogens is 280 g/mol. The molecule has 0 spiro atoms. The number of nitrogens with one attached hydrogen (secondary N) is 1. The van der Waals surface area contributed by atoms with Gasteiger partial charge in [0.15, 0.2) is 0 Å². The van der Waals surface area contributed by atoms with Crippen LogP contribution in [0.4, 0.5) is 0 Å². The van der Waals surface area contributed by atoms with Crippen molar-refractivity contribution in [1.29, 1.82) is 0 Å².